The molecule has 0 saturated heterocycles. The van der Waals surface area contributed by atoms with Crippen LogP contribution >= 0.6 is 27.5 Å². The van der Waals surface area contributed by atoms with Crippen LogP contribution in [0.25, 0.3) is 38.6 Å². The van der Waals surface area contributed by atoms with Crippen molar-refractivity contribution in [3.63, 3.8) is 0 Å². The first-order chi connectivity index (χ1) is 13.2. The molecule has 0 aliphatic carbocycles. The van der Waals surface area contributed by atoms with E-state index < -0.39 is 0 Å². The quantitative estimate of drug-likeness (QED) is 0.286. The summed E-state index contributed by atoms with van der Waals surface area (Å²) in [4.78, 5) is 0. The minimum absolute atomic E-state index is 0.648. The third-order valence-electron chi connectivity index (χ3n) is 4.78. The summed E-state index contributed by atoms with van der Waals surface area (Å²) in [7, 11) is 0. The van der Waals surface area contributed by atoms with Crippen molar-refractivity contribution in [3.05, 3.63) is 94.4 Å². The Bertz CT molecular complexity index is 1290. The van der Waals surface area contributed by atoms with Crippen LogP contribution < -0.4 is 0 Å². The summed E-state index contributed by atoms with van der Waals surface area (Å²) in [5.41, 5.74) is 3.93. The van der Waals surface area contributed by atoms with Crippen molar-refractivity contribution in [2.24, 2.45) is 0 Å². The first-order valence-corrected chi connectivity index (χ1v) is 9.81. The fraction of sp³-hybridized carbons (Fsp3) is 0. The molecule has 0 unspecified atom stereocenters. The van der Waals surface area contributed by atoms with Gasteiger partial charge < -0.3 is 0 Å². The monoisotopic (exact) mass is 432 g/mol. The maximum Gasteiger partial charge on any atom is 0.101 e. The molecule has 0 atom stereocenters. The standard InChI is InChI=1S/C23H14BrClN2/c24-18-11-6-12-20(22(18)25)27-19-14-13-15-7-4-5-10-17(15)21(19)23(26-27)16-8-2-1-3-9-16/h1-14H. The van der Waals surface area contributed by atoms with E-state index in [1.54, 1.807) is 0 Å². The molecule has 1 aromatic heterocycles. The van der Waals surface area contributed by atoms with Crippen LogP contribution in [-0.2, 0) is 0 Å². The molecule has 0 amide bonds. The van der Waals surface area contributed by atoms with Crippen molar-refractivity contribution in [3.8, 4) is 16.9 Å². The van der Waals surface area contributed by atoms with E-state index >= 15 is 0 Å². The van der Waals surface area contributed by atoms with Crippen LogP contribution in [0, 0.1) is 0 Å². The van der Waals surface area contributed by atoms with Gasteiger partial charge in [-0.25, -0.2) is 4.68 Å². The molecule has 0 radical (unpaired) electrons. The summed E-state index contributed by atoms with van der Waals surface area (Å²) < 4.78 is 2.80. The van der Waals surface area contributed by atoms with Gasteiger partial charge >= 0.3 is 0 Å². The van der Waals surface area contributed by atoms with Gasteiger partial charge in [0.15, 0.2) is 0 Å². The molecule has 130 valence electrons. The first-order valence-electron chi connectivity index (χ1n) is 8.64. The zero-order chi connectivity index (χ0) is 18.4. The van der Waals surface area contributed by atoms with E-state index in [1.165, 1.54) is 10.8 Å². The number of halogens is 2. The second kappa shape index (κ2) is 6.52. The minimum Gasteiger partial charge on any atom is -0.231 e. The molecule has 1 heterocycles. The van der Waals surface area contributed by atoms with Crippen LogP contribution in [0.3, 0.4) is 0 Å². The van der Waals surface area contributed by atoms with E-state index in [4.69, 9.17) is 16.7 Å². The van der Waals surface area contributed by atoms with E-state index in [2.05, 4.69) is 64.5 Å². The highest BCUT2D eigenvalue weighted by atomic mass is 79.9. The average Bonchev–Trinajstić information content (AvgIpc) is 3.11. The fourth-order valence-electron chi connectivity index (χ4n) is 3.53. The Morgan fingerprint density at radius 3 is 2.41 bits per heavy atom. The number of fused-ring (bicyclic) bond motifs is 3. The minimum atomic E-state index is 0.648. The first kappa shape index (κ1) is 16.5. The molecule has 0 aliphatic heterocycles. The topological polar surface area (TPSA) is 17.8 Å². The van der Waals surface area contributed by atoms with E-state index in [0.717, 1.165) is 32.3 Å². The largest absolute Gasteiger partial charge is 0.231 e. The molecule has 0 N–H and O–H groups in total. The van der Waals surface area contributed by atoms with Crippen LogP contribution in [0.5, 0.6) is 0 Å². The molecule has 0 aliphatic rings. The highest BCUT2D eigenvalue weighted by molar-refractivity contribution is 9.10. The third kappa shape index (κ3) is 2.66. The third-order valence-corrected chi connectivity index (χ3v) is 6.06. The zero-order valence-electron chi connectivity index (χ0n) is 14.2. The van der Waals surface area contributed by atoms with Gasteiger partial charge in [0.2, 0.25) is 0 Å². The van der Waals surface area contributed by atoms with Gasteiger partial charge in [0, 0.05) is 15.4 Å². The molecule has 5 rings (SSSR count). The van der Waals surface area contributed by atoms with Crippen molar-refractivity contribution in [1.29, 1.82) is 0 Å². The van der Waals surface area contributed by atoms with Crippen molar-refractivity contribution in [2.75, 3.05) is 0 Å². The SMILES string of the molecule is Clc1c(Br)cccc1-n1nc(-c2ccccc2)c2c3ccccc3ccc21. The van der Waals surface area contributed by atoms with Crippen LogP contribution in [-0.4, -0.2) is 9.78 Å². The predicted octanol–water partition coefficient (Wildman–Crippen LogP) is 7.26. The molecular weight excluding hydrogens is 420 g/mol. The lowest BCUT2D eigenvalue weighted by Gasteiger charge is -2.08. The van der Waals surface area contributed by atoms with E-state index in [-0.39, 0.29) is 0 Å². The van der Waals surface area contributed by atoms with Crippen molar-refractivity contribution in [2.45, 2.75) is 0 Å². The normalized spacial score (nSPS) is 11.3. The van der Waals surface area contributed by atoms with E-state index in [0.29, 0.717) is 5.02 Å². The van der Waals surface area contributed by atoms with Gasteiger partial charge in [-0.2, -0.15) is 5.10 Å². The second-order valence-corrected chi connectivity index (χ2v) is 7.61. The Balaban J connectivity index is 1.94. The van der Waals surface area contributed by atoms with Gasteiger partial charge in [-0.15, -0.1) is 0 Å². The summed E-state index contributed by atoms with van der Waals surface area (Å²) >= 11 is 10.1. The van der Waals surface area contributed by atoms with Crippen LogP contribution in [0.15, 0.2) is 89.4 Å². The number of hydrogen-bond donors (Lipinski definition) is 0. The molecule has 4 heteroatoms. The maximum absolute atomic E-state index is 6.59. The number of nitrogens with zero attached hydrogens (tertiary/aromatic N) is 2. The highest BCUT2D eigenvalue weighted by Gasteiger charge is 2.18. The van der Waals surface area contributed by atoms with Gasteiger partial charge in [-0.1, -0.05) is 78.3 Å². The van der Waals surface area contributed by atoms with Gasteiger partial charge in [-0.3, -0.25) is 0 Å². The average molecular weight is 434 g/mol. The zero-order valence-corrected chi connectivity index (χ0v) is 16.6. The molecular formula is C23H14BrClN2. The number of aromatic nitrogens is 2. The lowest BCUT2D eigenvalue weighted by atomic mass is 10.0. The molecule has 5 aromatic rings. The van der Waals surface area contributed by atoms with Crippen LogP contribution in [0.1, 0.15) is 0 Å². The molecule has 27 heavy (non-hydrogen) atoms. The molecule has 0 spiro atoms. The van der Waals surface area contributed by atoms with Gasteiger partial charge in [0.1, 0.15) is 5.69 Å². The Morgan fingerprint density at radius 1 is 0.778 bits per heavy atom. The van der Waals surface area contributed by atoms with Crippen LogP contribution in [0.4, 0.5) is 0 Å². The number of hydrogen-bond acceptors (Lipinski definition) is 1. The summed E-state index contributed by atoms with van der Waals surface area (Å²) in [6.07, 6.45) is 0. The summed E-state index contributed by atoms with van der Waals surface area (Å²) in [5, 5.41) is 9.16. The lowest BCUT2D eigenvalue weighted by molar-refractivity contribution is 0.914. The number of benzene rings is 4. The lowest BCUT2D eigenvalue weighted by Crippen LogP contribution is -1.97. The predicted molar refractivity (Wildman–Crippen MR) is 117 cm³/mol. The smallest absolute Gasteiger partial charge is 0.101 e. The van der Waals surface area contributed by atoms with E-state index in [1.807, 2.05) is 41.1 Å². The summed E-state index contributed by atoms with van der Waals surface area (Å²) in [6.45, 7) is 0. The molecule has 0 fully saturated rings. The Hall–Kier alpha value is -2.62. The van der Waals surface area contributed by atoms with Crippen molar-refractivity contribution in [1.82, 2.24) is 9.78 Å². The second-order valence-electron chi connectivity index (χ2n) is 6.38. The fourth-order valence-corrected chi connectivity index (χ4v) is 4.09. The Morgan fingerprint density at radius 2 is 1.56 bits per heavy atom. The molecule has 0 saturated carbocycles. The highest BCUT2D eigenvalue weighted by Crippen LogP contribution is 2.37. The van der Waals surface area contributed by atoms with Gasteiger partial charge in [-0.05, 0) is 44.9 Å². The Labute approximate surface area is 170 Å². The Kier molecular flexibility index (Phi) is 4.00. The molecule has 4 aromatic carbocycles. The van der Waals surface area contributed by atoms with Gasteiger partial charge in [0.25, 0.3) is 0 Å². The number of rotatable bonds is 2. The molecule has 0 bridgehead atoms. The maximum atomic E-state index is 6.59. The summed E-state index contributed by atoms with van der Waals surface area (Å²) in [5.74, 6) is 0. The van der Waals surface area contributed by atoms with Gasteiger partial charge in [0.05, 0.1) is 16.2 Å². The van der Waals surface area contributed by atoms with Crippen LogP contribution in [0.2, 0.25) is 5.02 Å². The van der Waals surface area contributed by atoms with Crippen molar-refractivity contribution < 1.29 is 0 Å². The molecule has 2 nitrogen and oxygen atoms in total. The van der Waals surface area contributed by atoms with E-state index in [9.17, 15) is 0 Å². The van der Waals surface area contributed by atoms with Crippen molar-refractivity contribution >= 4 is 49.2 Å². The summed E-state index contributed by atoms with van der Waals surface area (Å²) in [6, 6.07) is 28.9.